The summed E-state index contributed by atoms with van der Waals surface area (Å²) < 4.78 is 5.75. The Kier molecular flexibility index (Phi) is 5.11. The number of hydrogen-bond donors (Lipinski definition) is 1. The van der Waals surface area contributed by atoms with E-state index in [0.717, 1.165) is 10.0 Å². The van der Waals surface area contributed by atoms with Crippen molar-refractivity contribution < 1.29 is 14.3 Å². The Morgan fingerprint density at radius 3 is 2.62 bits per heavy atom. The summed E-state index contributed by atoms with van der Waals surface area (Å²) in [6.07, 6.45) is 0. The van der Waals surface area contributed by atoms with E-state index in [0.29, 0.717) is 11.3 Å². The van der Waals surface area contributed by atoms with Crippen LogP contribution in [0, 0.1) is 6.92 Å². The first-order valence-electron chi connectivity index (χ1n) is 6.34. The summed E-state index contributed by atoms with van der Waals surface area (Å²) in [4.78, 5) is 23.5. The average molecular weight is 348 g/mol. The third-order valence-corrected chi connectivity index (χ3v) is 3.19. The molecule has 0 radical (unpaired) electrons. The molecule has 5 heteroatoms. The van der Waals surface area contributed by atoms with Gasteiger partial charge in [-0.3, -0.25) is 4.79 Å². The molecular formula is C16H14BrNO3. The number of amides is 1. The predicted octanol–water partition coefficient (Wildman–Crippen LogP) is 3.55. The van der Waals surface area contributed by atoms with Crippen LogP contribution in [-0.4, -0.2) is 18.5 Å². The largest absolute Gasteiger partial charge is 0.452 e. The van der Waals surface area contributed by atoms with E-state index in [1.807, 2.05) is 25.1 Å². The summed E-state index contributed by atoms with van der Waals surface area (Å²) >= 11 is 3.27. The van der Waals surface area contributed by atoms with E-state index in [9.17, 15) is 9.59 Å². The second-order valence-electron chi connectivity index (χ2n) is 4.50. The zero-order valence-corrected chi connectivity index (χ0v) is 13.0. The molecule has 0 aliphatic rings. The van der Waals surface area contributed by atoms with Crippen molar-refractivity contribution in [3.05, 3.63) is 64.1 Å². The van der Waals surface area contributed by atoms with Gasteiger partial charge in [0.05, 0.1) is 5.56 Å². The number of halogens is 1. The molecule has 21 heavy (non-hydrogen) atoms. The molecule has 2 aromatic rings. The van der Waals surface area contributed by atoms with E-state index in [1.54, 1.807) is 30.3 Å². The highest BCUT2D eigenvalue weighted by Crippen LogP contribution is 2.13. The molecule has 0 heterocycles. The standard InChI is InChI=1S/C16H14BrNO3/c1-11-4-2-7-14(8-11)18-15(19)10-21-16(20)12-5-3-6-13(17)9-12/h2-9H,10H2,1H3,(H,18,19). The second kappa shape index (κ2) is 7.04. The summed E-state index contributed by atoms with van der Waals surface area (Å²) in [6, 6.07) is 14.2. The molecule has 0 saturated carbocycles. The van der Waals surface area contributed by atoms with Crippen molar-refractivity contribution in [1.82, 2.24) is 0 Å². The normalized spacial score (nSPS) is 10.0. The molecule has 0 spiro atoms. The highest BCUT2D eigenvalue weighted by atomic mass is 79.9. The highest BCUT2D eigenvalue weighted by molar-refractivity contribution is 9.10. The van der Waals surface area contributed by atoms with Gasteiger partial charge in [0.2, 0.25) is 0 Å². The van der Waals surface area contributed by atoms with Crippen LogP contribution in [0.15, 0.2) is 53.0 Å². The Balaban J connectivity index is 1.88. The smallest absolute Gasteiger partial charge is 0.338 e. The fourth-order valence-electron chi connectivity index (χ4n) is 1.75. The Hall–Kier alpha value is -2.14. The van der Waals surface area contributed by atoms with E-state index in [1.165, 1.54) is 0 Å². The number of carbonyl (C=O) groups is 2. The number of hydrogen-bond acceptors (Lipinski definition) is 3. The molecule has 4 nitrogen and oxygen atoms in total. The van der Waals surface area contributed by atoms with Gasteiger partial charge < -0.3 is 10.1 Å². The van der Waals surface area contributed by atoms with Gasteiger partial charge in [-0.25, -0.2) is 4.79 Å². The Labute approximate surface area is 131 Å². The van der Waals surface area contributed by atoms with Crippen molar-refractivity contribution in [2.75, 3.05) is 11.9 Å². The number of ether oxygens (including phenoxy) is 1. The molecule has 108 valence electrons. The second-order valence-corrected chi connectivity index (χ2v) is 5.42. The van der Waals surface area contributed by atoms with Gasteiger partial charge in [-0.2, -0.15) is 0 Å². The minimum absolute atomic E-state index is 0.320. The maximum atomic E-state index is 11.8. The lowest BCUT2D eigenvalue weighted by Gasteiger charge is -2.07. The maximum Gasteiger partial charge on any atom is 0.338 e. The Morgan fingerprint density at radius 1 is 1.14 bits per heavy atom. The molecular weight excluding hydrogens is 334 g/mol. The van der Waals surface area contributed by atoms with Crippen molar-refractivity contribution in [1.29, 1.82) is 0 Å². The SMILES string of the molecule is Cc1cccc(NC(=O)COC(=O)c2cccc(Br)c2)c1. The van der Waals surface area contributed by atoms with E-state index < -0.39 is 5.97 Å². The van der Waals surface area contributed by atoms with E-state index in [-0.39, 0.29) is 12.5 Å². The molecule has 0 unspecified atom stereocenters. The molecule has 0 aliphatic heterocycles. The Morgan fingerprint density at radius 2 is 1.90 bits per heavy atom. The summed E-state index contributed by atoms with van der Waals surface area (Å²) in [5, 5.41) is 2.68. The molecule has 0 aromatic heterocycles. The lowest BCUT2D eigenvalue weighted by atomic mass is 10.2. The third-order valence-electron chi connectivity index (χ3n) is 2.70. The molecule has 1 amide bonds. The van der Waals surface area contributed by atoms with E-state index >= 15 is 0 Å². The van der Waals surface area contributed by atoms with Crippen LogP contribution in [0.2, 0.25) is 0 Å². The van der Waals surface area contributed by atoms with Crippen molar-refractivity contribution in [2.45, 2.75) is 6.92 Å². The Bertz CT molecular complexity index is 670. The van der Waals surface area contributed by atoms with Gasteiger partial charge in [-0.1, -0.05) is 34.1 Å². The van der Waals surface area contributed by atoms with Gasteiger partial charge >= 0.3 is 5.97 Å². The number of anilines is 1. The quantitative estimate of drug-likeness (QED) is 0.860. The molecule has 1 N–H and O–H groups in total. The third kappa shape index (κ3) is 4.72. The molecule has 0 fully saturated rings. The van der Waals surface area contributed by atoms with Crippen molar-refractivity contribution in [3.63, 3.8) is 0 Å². The van der Waals surface area contributed by atoms with Crippen LogP contribution in [0.4, 0.5) is 5.69 Å². The molecule has 2 aromatic carbocycles. The van der Waals surface area contributed by atoms with Gasteiger partial charge in [-0.05, 0) is 42.8 Å². The fraction of sp³-hybridized carbons (Fsp3) is 0.125. The molecule has 0 atom stereocenters. The first-order valence-corrected chi connectivity index (χ1v) is 7.13. The zero-order valence-electron chi connectivity index (χ0n) is 11.4. The predicted molar refractivity (Wildman–Crippen MR) is 84.2 cm³/mol. The number of rotatable bonds is 4. The van der Waals surface area contributed by atoms with Gasteiger partial charge in [0.15, 0.2) is 6.61 Å². The number of carbonyl (C=O) groups excluding carboxylic acids is 2. The van der Waals surface area contributed by atoms with Gasteiger partial charge in [0.25, 0.3) is 5.91 Å². The molecule has 0 aliphatic carbocycles. The van der Waals surface area contributed by atoms with Gasteiger partial charge in [0.1, 0.15) is 0 Å². The van der Waals surface area contributed by atoms with Crippen LogP contribution in [0.1, 0.15) is 15.9 Å². The molecule has 0 saturated heterocycles. The van der Waals surface area contributed by atoms with Gasteiger partial charge in [0, 0.05) is 10.2 Å². The van der Waals surface area contributed by atoms with Crippen LogP contribution in [0.5, 0.6) is 0 Å². The summed E-state index contributed by atoms with van der Waals surface area (Å²) in [7, 11) is 0. The van der Waals surface area contributed by atoms with E-state index in [4.69, 9.17) is 4.74 Å². The van der Waals surface area contributed by atoms with Crippen LogP contribution in [0.25, 0.3) is 0 Å². The van der Waals surface area contributed by atoms with E-state index in [2.05, 4.69) is 21.2 Å². The van der Waals surface area contributed by atoms with Crippen LogP contribution in [0.3, 0.4) is 0 Å². The number of aryl methyl sites for hydroxylation is 1. The zero-order chi connectivity index (χ0) is 15.2. The van der Waals surface area contributed by atoms with Gasteiger partial charge in [-0.15, -0.1) is 0 Å². The number of nitrogens with one attached hydrogen (secondary N) is 1. The maximum absolute atomic E-state index is 11.8. The van der Waals surface area contributed by atoms with Crippen LogP contribution >= 0.6 is 15.9 Å². The number of esters is 1. The molecule has 0 bridgehead atoms. The average Bonchev–Trinajstić information content (AvgIpc) is 2.45. The first-order chi connectivity index (χ1) is 10.0. The summed E-state index contributed by atoms with van der Waals surface area (Å²) in [6.45, 7) is 1.61. The lowest BCUT2D eigenvalue weighted by molar-refractivity contribution is -0.119. The lowest BCUT2D eigenvalue weighted by Crippen LogP contribution is -2.20. The topological polar surface area (TPSA) is 55.4 Å². The fourth-order valence-corrected chi connectivity index (χ4v) is 2.15. The minimum atomic E-state index is -0.532. The van der Waals surface area contributed by atoms with Crippen molar-refractivity contribution in [2.24, 2.45) is 0 Å². The number of benzene rings is 2. The summed E-state index contributed by atoms with van der Waals surface area (Å²) in [5.41, 5.74) is 2.12. The van der Waals surface area contributed by atoms with Crippen LogP contribution < -0.4 is 5.32 Å². The van der Waals surface area contributed by atoms with Crippen LogP contribution in [-0.2, 0) is 9.53 Å². The molecule has 2 rings (SSSR count). The monoisotopic (exact) mass is 347 g/mol. The minimum Gasteiger partial charge on any atom is -0.452 e. The highest BCUT2D eigenvalue weighted by Gasteiger charge is 2.10. The first kappa shape index (κ1) is 15.3. The van der Waals surface area contributed by atoms with Crippen molar-refractivity contribution >= 4 is 33.5 Å². The van der Waals surface area contributed by atoms with Crippen molar-refractivity contribution in [3.8, 4) is 0 Å². The summed E-state index contributed by atoms with van der Waals surface area (Å²) in [5.74, 6) is -0.903.